The minimum absolute atomic E-state index is 0.112. The summed E-state index contributed by atoms with van der Waals surface area (Å²) in [6.45, 7) is 3.87. The van der Waals surface area contributed by atoms with Crippen molar-refractivity contribution in [3.63, 3.8) is 0 Å². The van der Waals surface area contributed by atoms with Crippen molar-refractivity contribution in [2.45, 2.75) is 25.9 Å². The first kappa shape index (κ1) is 16.5. The molecule has 1 aromatic rings. The van der Waals surface area contributed by atoms with Crippen molar-refractivity contribution in [1.82, 2.24) is 10.7 Å². The smallest absolute Gasteiger partial charge is 0.187 e. The molecule has 0 aromatic heterocycles. The Morgan fingerprint density at radius 1 is 1.59 bits per heavy atom. The Morgan fingerprint density at radius 3 is 3.18 bits per heavy atom. The zero-order chi connectivity index (χ0) is 15.8. The predicted octanol–water partition coefficient (Wildman–Crippen LogP) is 1.77. The van der Waals surface area contributed by atoms with Gasteiger partial charge in [0.1, 0.15) is 0 Å². The fourth-order valence-electron chi connectivity index (χ4n) is 2.10. The minimum atomic E-state index is 0.112. The molecule has 0 radical (unpaired) electrons. The highest BCUT2D eigenvalue weighted by atomic mass is 32.1. The average molecular weight is 323 g/mol. The van der Waals surface area contributed by atoms with E-state index in [0.717, 1.165) is 25.0 Å². The summed E-state index contributed by atoms with van der Waals surface area (Å²) >= 11 is 5.14. The molecule has 0 bridgehead atoms. The summed E-state index contributed by atoms with van der Waals surface area (Å²) < 4.78 is 10.8. The number of phenols is 1. The van der Waals surface area contributed by atoms with Crippen LogP contribution in [-0.2, 0) is 4.74 Å². The van der Waals surface area contributed by atoms with Crippen molar-refractivity contribution in [1.29, 1.82) is 0 Å². The number of hydrogen-bond acceptors (Lipinski definition) is 5. The zero-order valence-electron chi connectivity index (χ0n) is 12.5. The van der Waals surface area contributed by atoms with Gasteiger partial charge < -0.3 is 19.9 Å². The molecular formula is C15H21N3O3S. The molecule has 0 spiro atoms. The van der Waals surface area contributed by atoms with Gasteiger partial charge in [-0.2, -0.15) is 5.10 Å². The van der Waals surface area contributed by atoms with E-state index in [4.69, 9.17) is 21.7 Å². The number of rotatable bonds is 6. The lowest BCUT2D eigenvalue weighted by atomic mass is 10.2. The maximum absolute atomic E-state index is 9.63. The van der Waals surface area contributed by atoms with Gasteiger partial charge in [0, 0.05) is 13.2 Å². The van der Waals surface area contributed by atoms with Crippen LogP contribution >= 0.6 is 12.2 Å². The number of hydrazone groups is 1. The number of aromatic hydroxyl groups is 1. The molecule has 0 saturated carbocycles. The van der Waals surface area contributed by atoms with Crippen LogP contribution in [0.5, 0.6) is 11.5 Å². The Hall–Kier alpha value is -1.86. The average Bonchev–Trinajstić information content (AvgIpc) is 3.02. The number of phenolic OH excluding ortho intramolecular Hbond substituents is 1. The highest BCUT2D eigenvalue weighted by molar-refractivity contribution is 7.80. The van der Waals surface area contributed by atoms with Gasteiger partial charge >= 0.3 is 0 Å². The van der Waals surface area contributed by atoms with E-state index in [9.17, 15) is 5.11 Å². The van der Waals surface area contributed by atoms with Crippen molar-refractivity contribution in [2.75, 3.05) is 19.8 Å². The van der Waals surface area contributed by atoms with Gasteiger partial charge in [0.25, 0.3) is 0 Å². The fraction of sp³-hybridized carbons (Fsp3) is 0.467. The summed E-state index contributed by atoms with van der Waals surface area (Å²) in [5.41, 5.74) is 3.55. The van der Waals surface area contributed by atoms with Crippen LogP contribution in [0.1, 0.15) is 25.3 Å². The zero-order valence-corrected chi connectivity index (χ0v) is 13.4. The van der Waals surface area contributed by atoms with E-state index < -0.39 is 0 Å². The van der Waals surface area contributed by atoms with E-state index in [1.807, 2.05) is 6.92 Å². The second kappa shape index (κ2) is 8.55. The molecule has 0 amide bonds. The molecule has 2 rings (SSSR count). The van der Waals surface area contributed by atoms with Crippen molar-refractivity contribution >= 4 is 23.5 Å². The topological polar surface area (TPSA) is 75.1 Å². The first-order chi connectivity index (χ1) is 10.7. The summed E-state index contributed by atoms with van der Waals surface area (Å²) in [4.78, 5) is 0. The van der Waals surface area contributed by atoms with Crippen LogP contribution in [0, 0.1) is 0 Å². The highest BCUT2D eigenvalue weighted by Gasteiger charge is 2.14. The van der Waals surface area contributed by atoms with Crippen molar-refractivity contribution < 1.29 is 14.6 Å². The van der Waals surface area contributed by atoms with Gasteiger partial charge in [0.2, 0.25) is 0 Å². The Morgan fingerprint density at radius 2 is 2.45 bits per heavy atom. The van der Waals surface area contributed by atoms with Crippen LogP contribution in [0.2, 0.25) is 0 Å². The molecule has 3 N–H and O–H groups in total. The van der Waals surface area contributed by atoms with Crippen molar-refractivity contribution in [3.8, 4) is 11.5 Å². The van der Waals surface area contributed by atoms with E-state index in [0.29, 0.717) is 24.0 Å². The molecule has 0 unspecified atom stereocenters. The Bertz CT molecular complexity index is 531. The Labute approximate surface area is 135 Å². The first-order valence-electron chi connectivity index (χ1n) is 7.33. The van der Waals surface area contributed by atoms with E-state index >= 15 is 0 Å². The maximum Gasteiger partial charge on any atom is 0.187 e. The van der Waals surface area contributed by atoms with Crippen molar-refractivity contribution in [3.05, 3.63) is 23.8 Å². The van der Waals surface area contributed by atoms with E-state index in [2.05, 4.69) is 15.8 Å². The van der Waals surface area contributed by atoms with Gasteiger partial charge in [-0.3, -0.25) is 5.43 Å². The molecule has 1 saturated heterocycles. The second-order valence-electron chi connectivity index (χ2n) is 4.88. The lowest BCUT2D eigenvalue weighted by molar-refractivity contribution is 0.114. The summed E-state index contributed by atoms with van der Waals surface area (Å²) in [5, 5.41) is 17.2. The molecule has 1 aliphatic rings. The summed E-state index contributed by atoms with van der Waals surface area (Å²) in [6, 6.07) is 5.03. The highest BCUT2D eigenvalue weighted by Crippen LogP contribution is 2.26. The predicted molar refractivity (Wildman–Crippen MR) is 89.6 cm³/mol. The van der Waals surface area contributed by atoms with Gasteiger partial charge in [0.05, 0.1) is 18.9 Å². The molecule has 22 heavy (non-hydrogen) atoms. The SMILES string of the molecule is CCOc1cc(/C=N/NC(=S)NC[C@@H]2CCCO2)ccc1O. The van der Waals surface area contributed by atoms with Gasteiger partial charge in [0.15, 0.2) is 16.6 Å². The van der Waals surface area contributed by atoms with Gasteiger partial charge in [-0.1, -0.05) is 0 Å². The molecule has 6 nitrogen and oxygen atoms in total. The Balaban J connectivity index is 1.78. The normalized spacial score (nSPS) is 17.6. The van der Waals surface area contributed by atoms with E-state index in [1.54, 1.807) is 24.4 Å². The fourth-order valence-corrected chi connectivity index (χ4v) is 2.23. The summed E-state index contributed by atoms with van der Waals surface area (Å²) in [5.74, 6) is 0.547. The van der Waals surface area contributed by atoms with Crippen LogP contribution in [-0.4, -0.2) is 42.3 Å². The van der Waals surface area contributed by atoms with Crippen LogP contribution in [0.25, 0.3) is 0 Å². The van der Waals surface area contributed by atoms with Gasteiger partial charge in [-0.15, -0.1) is 0 Å². The number of benzene rings is 1. The monoisotopic (exact) mass is 323 g/mol. The van der Waals surface area contributed by atoms with Gasteiger partial charge in [-0.05, 0) is 55.7 Å². The molecule has 1 fully saturated rings. The second-order valence-corrected chi connectivity index (χ2v) is 5.28. The standard InChI is InChI=1S/C15H21N3O3S/c1-2-20-14-8-11(5-6-13(14)19)9-17-18-15(22)16-10-12-4-3-7-21-12/h5-6,8-9,12,19H,2-4,7,10H2,1H3,(H2,16,18,22)/b17-9+/t12-/m0/s1. The third-order valence-electron chi connectivity index (χ3n) is 3.18. The Kier molecular flexibility index (Phi) is 6.42. The summed E-state index contributed by atoms with van der Waals surface area (Å²) in [6.07, 6.45) is 4.01. The molecule has 1 aromatic carbocycles. The number of nitrogens with one attached hydrogen (secondary N) is 2. The van der Waals surface area contributed by atoms with Crippen LogP contribution in [0.4, 0.5) is 0 Å². The summed E-state index contributed by atoms with van der Waals surface area (Å²) in [7, 11) is 0. The largest absolute Gasteiger partial charge is 0.504 e. The van der Waals surface area contributed by atoms with Gasteiger partial charge in [-0.25, -0.2) is 0 Å². The third kappa shape index (κ3) is 5.16. The number of hydrogen-bond donors (Lipinski definition) is 3. The van der Waals surface area contributed by atoms with Crippen LogP contribution in [0.15, 0.2) is 23.3 Å². The molecule has 1 heterocycles. The molecule has 1 atom stereocenters. The van der Waals surface area contributed by atoms with E-state index in [-0.39, 0.29) is 11.9 Å². The lowest BCUT2D eigenvalue weighted by Crippen LogP contribution is -2.37. The number of thiocarbonyl (C=S) groups is 1. The first-order valence-corrected chi connectivity index (χ1v) is 7.74. The lowest BCUT2D eigenvalue weighted by Gasteiger charge is -2.11. The molecule has 1 aliphatic heterocycles. The van der Waals surface area contributed by atoms with Crippen molar-refractivity contribution in [2.24, 2.45) is 5.10 Å². The number of ether oxygens (including phenoxy) is 2. The molecule has 7 heteroatoms. The van der Waals surface area contributed by atoms with E-state index in [1.165, 1.54) is 0 Å². The molecule has 120 valence electrons. The number of nitrogens with zero attached hydrogens (tertiary/aromatic N) is 1. The quantitative estimate of drug-likeness (QED) is 0.421. The molecular weight excluding hydrogens is 302 g/mol. The third-order valence-corrected chi connectivity index (χ3v) is 3.41. The maximum atomic E-state index is 9.63. The minimum Gasteiger partial charge on any atom is -0.504 e. The van der Waals surface area contributed by atoms with Crippen LogP contribution < -0.4 is 15.5 Å². The van der Waals surface area contributed by atoms with Crippen LogP contribution in [0.3, 0.4) is 0 Å². The molecule has 0 aliphatic carbocycles.